The van der Waals surface area contributed by atoms with Gasteiger partial charge in [0.1, 0.15) is 5.60 Å². The van der Waals surface area contributed by atoms with Crippen LogP contribution in [0.2, 0.25) is 0 Å². The molecule has 0 unspecified atom stereocenters. The largest absolute Gasteiger partial charge is 0.490 e. The van der Waals surface area contributed by atoms with Gasteiger partial charge in [-0.05, 0) is 50.1 Å². The van der Waals surface area contributed by atoms with Crippen LogP contribution in [0.25, 0.3) is 10.8 Å². The number of halogens is 3. The van der Waals surface area contributed by atoms with Crippen LogP contribution < -0.4 is 5.73 Å². The monoisotopic (exact) mass is 508 g/mol. The molecule has 2 aromatic rings. The van der Waals surface area contributed by atoms with E-state index >= 15 is 0 Å². The van der Waals surface area contributed by atoms with Gasteiger partial charge < -0.3 is 20.5 Å². The number of rotatable bonds is 1. The molecule has 1 aliphatic rings. The summed E-state index contributed by atoms with van der Waals surface area (Å²) in [6, 6.07) is 12.0. The maximum Gasteiger partial charge on any atom is 0.490 e. The number of hydrogen-bond donors (Lipinski definition) is 3. The van der Waals surface area contributed by atoms with E-state index in [9.17, 15) is 26.4 Å². The number of benzene rings is 2. The van der Waals surface area contributed by atoms with Crippen LogP contribution in [-0.2, 0) is 19.6 Å². The summed E-state index contributed by atoms with van der Waals surface area (Å²) in [5.74, 6) is -2.76. The molecule has 3 rings (SSSR count). The van der Waals surface area contributed by atoms with Gasteiger partial charge in [0.25, 0.3) is 10.1 Å². The zero-order valence-corrected chi connectivity index (χ0v) is 19.6. The predicted octanol–water partition coefficient (Wildman–Crippen LogP) is 3.67. The third-order valence-corrected chi connectivity index (χ3v) is 4.99. The van der Waals surface area contributed by atoms with Gasteiger partial charge in [0.2, 0.25) is 0 Å². The highest BCUT2D eigenvalue weighted by atomic mass is 32.2. The van der Waals surface area contributed by atoms with E-state index in [0.29, 0.717) is 6.54 Å². The van der Waals surface area contributed by atoms with Crippen LogP contribution >= 0.6 is 0 Å². The van der Waals surface area contributed by atoms with Gasteiger partial charge in [-0.2, -0.15) is 21.6 Å². The van der Waals surface area contributed by atoms with Gasteiger partial charge in [-0.25, -0.2) is 9.59 Å². The number of amides is 1. The number of carbonyl (C=O) groups excluding carboxylic acids is 1. The van der Waals surface area contributed by atoms with Gasteiger partial charge >= 0.3 is 18.2 Å². The topological polar surface area (TPSA) is 147 Å². The molecule has 1 amide bonds. The van der Waals surface area contributed by atoms with Gasteiger partial charge in [0.15, 0.2) is 0 Å². The van der Waals surface area contributed by atoms with Gasteiger partial charge in [-0.1, -0.05) is 30.3 Å². The highest BCUT2D eigenvalue weighted by Crippen LogP contribution is 2.18. The summed E-state index contributed by atoms with van der Waals surface area (Å²) < 4.78 is 67.4. The van der Waals surface area contributed by atoms with Crippen LogP contribution in [0.4, 0.5) is 18.0 Å². The molecule has 9 nitrogen and oxygen atoms in total. The molecule has 0 spiro atoms. The van der Waals surface area contributed by atoms with E-state index in [0.717, 1.165) is 23.7 Å². The molecule has 2 aromatic carbocycles. The van der Waals surface area contributed by atoms with E-state index in [1.165, 1.54) is 12.1 Å². The molecule has 0 saturated carbocycles. The van der Waals surface area contributed by atoms with Gasteiger partial charge in [-0.3, -0.25) is 4.55 Å². The first-order chi connectivity index (χ1) is 15.4. The molecule has 4 N–H and O–H groups in total. The van der Waals surface area contributed by atoms with Crippen LogP contribution in [0.1, 0.15) is 27.2 Å². The predicted molar refractivity (Wildman–Crippen MR) is 118 cm³/mol. The molecule has 34 heavy (non-hydrogen) atoms. The minimum absolute atomic E-state index is 0.0730. The van der Waals surface area contributed by atoms with Gasteiger partial charge in [-0.15, -0.1) is 0 Å². The van der Waals surface area contributed by atoms with Crippen molar-refractivity contribution >= 4 is 33.0 Å². The Morgan fingerprint density at radius 2 is 1.62 bits per heavy atom. The summed E-state index contributed by atoms with van der Waals surface area (Å²) in [4.78, 5) is 21.9. The van der Waals surface area contributed by atoms with E-state index in [2.05, 4.69) is 0 Å². The van der Waals surface area contributed by atoms with Crippen LogP contribution in [0, 0.1) is 0 Å². The summed E-state index contributed by atoms with van der Waals surface area (Å²) in [7, 11) is -4.09. The second kappa shape index (κ2) is 11.5. The first kappa shape index (κ1) is 29.1. The van der Waals surface area contributed by atoms with Crippen molar-refractivity contribution in [2.45, 2.75) is 49.9 Å². The molecule has 1 saturated heterocycles. The zero-order chi connectivity index (χ0) is 26.3. The number of ether oxygens (including phenoxy) is 1. The number of carbonyl (C=O) groups is 2. The van der Waals surface area contributed by atoms with E-state index in [1.807, 2.05) is 39.0 Å². The quantitative estimate of drug-likeness (QED) is 0.494. The van der Waals surface area contributed by atoms with Crippen LogP contribution in [0.5, 0.6) is 0 Å². The van der Waals surface area contributed by atoms with Crippen molar-refractivity contribution in [1.29, 1.82) is 0 Å². The molecule has 1 fully saturated rings. The molecule has 0 aromatic heterocycles. The van der Waals surface area contributed by atoms with Gasteiger partial charge in [0, 0.05) is 19.1 Å². The van der Waals surface area contributed by atoms with Crippen LogP contribution in [0.15, 0.2) is 47.4 Å². The molecular formula is C21H27F3N2O7S. The molecule has 13 heteroatoms. The van der Waals surface area contributed by atoms with E-state index in [-0.39, 0.29) is 17.0 Å². The second-order valence-electron chi connectivity index (χ2n) is 8.26. The maximum atomic E-state index is 11.5. The lowest BCUT2D eigenvalue weighted by Gasteiger charge is -2.24. The Balaban J connectivity index is 0.000000271. The number of carboxylic acids is 1. The fourth-order valence-electron chi connectivity index (χ4n) is 2.61. The number of hydrogen-bond acceptors (Lipinski definition) is 6. The van der Waals surface area contributed by atoms with Crippen molar-refractivity contribution in [3.8, 4) is 0 Å². The lowest BCUT2D eigenvalue weighted by atomic mass is 10.1. The Morgan fingerprint density at radius 1 is 1.09 bits per heavy atom. The third kappa shape index (κ3) is 10.4. The van der Waals surface area contributed by atoms with Gasteiger partial charge in [0.05, 0.1) is 4.90 Å². The lowest BCUT2D eigenvalue weighted by molar-refractivity contribution is -0.192. The molecule has 0 aliphatic carbocycles. The summed E-state index contributed by atoms with van der Waals surface area (Å²) in [5.41, 5.74) is 5.26. The van der Waals surface area contributed by atoms with Crippen molar-refractivity contribution < 1.29 is 45.6 Å². The van der Waals surface area contributed by atoms with Crippen molar-refractivity contribution in [3.63, 3.8) is 0 Å². The summed E-state index contributed by atoms with van der Waals surface area (Å²) >= 11 is 0. The number of carboxylic acid groups (broad SMARTS) is 1. The highest BCUT2D eigenvalue weighted by molar-refractivity contribution is 7.85. The molecule has 1 heterocycles. The molecule has 0 bridgehead atoms. The van der Waals surface area contributed by atoms with Crippen LogP contribution in [-0.4, -0.2) is 65.9 Å². The second-order valence-corrected chi connectivity index (χ2v) is 9.68. The number of fused-ring (bicyclic) bond motifs is 1. The molecule has 1 atom stereocenters. The highest BCUT2D eigenvalue weighted by Gasteiger charge is 2.38. The average Bonchev–Trinajstić information content (AvgIpc) is 3.12. The number of likely N-dealkylation sites (tertiary alicyclic amines) is 1. The van der Waals surface area contributed by atoms with Crippen molar-refractivity contribution in [1.82, 2.24) is 4.90 Å². The Kier molecular flexibility index (Phi) is 9.84. The van der Waals surface area contributed by atoms with Crippen LogP contribution in [0.3, 0.4) is 0 Å². The Labute approximate surface area is 195 Å². The molecule has 190 valence electrons. The number of nitrogens with two attached hydrogens (primary N) is 1. The molecular weight excluding hydrogens is 481 g/mol. The Morgan fingerprint density at radius 3 is 2.03 bits per heavy atom. The maximum absolute atomic E-state index is 11.5. The minimum atomic E-state index is -5.08. The summed E-state index contributed by atoms with van der Waals surface area (Å²) in [6.07, 6.45) is -4.46. The minimum Gasteiger partial charge on any atom is -0.475 e. The number of alkyl halides is 3. The smallest absolute Gasteiger partial charge is 0.475 e. The third-order valence-electron chi connectivity index (χ3n) is 4.14. The Bertz CT molecular complexity index is 1100. The molecule has 1 aliphatic heterocycles. The van der Waals surface area contributed by atoms with E-state index in [4.69, 9.17) is 24.9 Å². The summed E-state index contributed by atoms with van der Waals surface area (Å²) in [6.45, 7) is 6.92. The van der Waals surface area contributed by atoms with E-state index in [1.54, 1.807) is 17.0 Å². The molecule has 0 radical (unpaired) electrons. The van der Waals surface area contributed by atoms with Crippen molar-refractivity contribution in [2.24, 2.45) is 5.73 Å². The Hall–Kier alpha value is -2.90. The first-order valence-corrected chi connectivity index (χ1v) is 11.3. The van der Waals surface area contributed by atoms with E-state index < -0.39 is 27.9 Å². The van der Waals surface area contributed by atoms with Crippen molar-refractivity contribution in [2.75, 3.05) is 13.1 Å². The number of nitrogens with zero attached hydrogens (tertiary/aromatic N) is 1. The normalized spacial score (nSPS) is 16.1. The summed E-state index contributed by atoms with van der Waals surface area (Å²) in [5, 5.41) is 8.86. The zero-order valence-electron chi connectivity index (χ0n) is 18.7. The SMILES string of the molecule is CC(C)(C)OC(=O)N1CC[C@H](N)C1.O=C(O)C(F)(F)F.O=S(=O)(O)c1ccc2ccccc2c1. The fourth-order valence-corrected chi connectivity index (χ4v) is 3.12. The average molecular weight is 509 g/mol. The fraction of sp³-hybridized carbons (Fsp3) is 0.429. The van der Waals surface area contributed by atoms with Crippen molar-refractivity contribution in [3.05, 3.63) is 42.5 Å². The first-order valence-electron chi connectivity index (χ1n) is 9.90. The standard InChI is InChI=1S/C10H8O3S.C9H18N2O2.C2HF3O2/c11-14(12,13)10-6-5-8-3-1-2-4-9(8)7-10;1-9(2,3)13-8(12)11-5-4-7(10)6-11;3-2(4,5)1(6)7/h1-7H,(H,11,12,13);7H,4-6,10H2,1-3H3;(H,6,7)/t;7-;/m.0./s1. The number of aliphatic carboxylic acids is 1. The lowest BCUT2D eigenvalue weighted by Crippen LogP contribution is -2.36.